The summed E-state index contributed by atoms with van der Waals surface area (Å²) in [5, 5.41) is 13.3. The lowest BCUT2D eigenvalue weighted by molar-refractivity contribution is 0.303. The molecule has 1 spiro atoms. The highest BCUT2D eigenvalue weighted by molar-refractivity contribution is 6.10. The Morgan fingerprint density at radius 1 is 1.13 bits per heavy atom. The maximum absolute atomic E-state index is 9.67. The Morgan fingerprint density at radius 3 is 2.74 bits per heavy atom. The van der Waals surface area contributed by atoms with Crippen molar-refractivity contribution in [2.24, 2.45) is 10.6 Å². The van der Waals surface area contributed by atoms with Gasteiger partial charge >= 0.3 is 0 Å². The van der Waals surface area contributed by atoms with Crippen molar-refractivity contribution in [3.63, 3.8) is 0 Å². The Bertz CT molecular complexity index is 801. The number of nitrogens with zero attached hydrogens (tertiary/aromatic N) is 1. The fourth-order valence-electron chi connectivity index (χ4n) is 4.03. The molecule has 0 saturated carbocycles. The molecule has 0 aromatic heterocycles. The minimum absolute atomic E-state index is 0.248. The van der Waals surface area contributed by atoms with E-state index in [4.69, 9.17) is 9.47 Å². The zero-order valence-corrected chi connectivity index (χ0v) is 13.3. The van der Waals surface area contributed by atoms with Crippen molar-refractivity contribution in [2.75, 3.05) is 14.2 Å². The number of benzene rings is 1. The number of fused-ring (bicyclic) bond motifs is 2. The van der Waals surface area contributed by atoms with Crippen molar-refractivity contribution in [3.8, 4) is 5.75 Å². The molecule has 0 aliphatic heterocycles. The van der Waals surface area contributed by atoms with Crippen molar-refractivity contribution in [2.45, 2.75) is 19.3 Å². The summed E-state index contributed by atoms with van der Waals surface area (Å²) in [6.45, 7) is 0. The normalized spacial score (nSPS) is 26.5. The minimum Gasteiger partial charge on any atom is -0.497 e. The van der Waals surface area contributed by atoms with Gasteiger partial charge in [-0.15, -0.1) is 0 Å². The molecule has 0 saturated heterocycles. The molecular formula is C19H19NO3. The van der Waals surface area contributed by atoms with E-state index in [9.17, 15) is 5.21 Å². The molecule has 3 aliphatic rings. The van der Waals surface area contributed by atoms with E-state index in [-0.39, 0.29) is 5.41 Å². The van der Waals surface area contributed by atoms with Gasteiger partial charge in [-0.25, -0.2) is 0 Å². The third-order valence-electron chi connectivity index (χ3n) is 5.09. The molecule has 118 valence electrons. The van der Waals surface area contributed by atoms with E-state index in [0.717, 1.165) is 42.0 Å². The van der Waals surface area contributed by atoms with Gasteiger partial charge in [0.1, 0.15) is 11.5 Å². The van der Waals surface area contributed by atoms with Gasteiger partial charge < -0.3 is 14.7 Å². The molecule has 0 heterocycles. The average molecular weight is 309 g/mol. The van der Waals surface area contributed by atoms with Crippen LogP contribution in [0.15, 0.2) is 58.5 Å². The first-order chi connectivity index (χ1) is 11.2. The predicted molar refractivity (Wildman–Crippen MR) is 87.9 cm³/mol. The van der Waals surface area contributed by atoms with Crippen LogP contribution in [0.5, 0.6) is 5.75 Å². The summed E-state index contributed by atoms with van der Waals surface area (Å²) in [6, 6.07) is 5.96. The third kappa shape index (κ3) is 2.01. The topological polar surface area (TPSA) is 51.0 Å². The van der Waals surface area contributed by atoms with E-state index in [0.29, 0.717) is 0 Å². The smallest absolute Gasteiger partial charge is 0.119 e. The maximum atomic E-state index is 9.67. The SMILES string of the molecule is COC1=CCC2=CC3(CC2=C1)Cc1cc(OC)ccc1C3=NO. The average Bonchev–Trinajstić information content (AvgIpc) is 3.08. The summed E-state index contributed by atoms with van der Waals surface area (Å²) < 4.78 is 10.7. The van der Waals surface area contributed by atoms with Gasteiger partial charge in [-0.2, -0.15) is 0 Å². The van der Waals surface area contributed by atoms with Gasteiger partial charge in [-0.05, 0) is 66.3 Å². The van der Waals surface area contributed by atoms with Crippen LogP contribution in [-0.4, -0.2) is 25.1 Å². The van der Waals surface area contributed by atoms with Crippen molar-refractivity contribution in [1.29, 1.82) is 0 Å². The second-order valence-corrected chi connectivity index (χ2v) is 6.34. The van der Waals surface area contributed by atoms with Crippen LogP contribution in [0.2, 0.25) is 0 Å². The van der Waals surface area contributed by atoms with Crippen LogP contribution < -0.4 is 4.74 Å². The first-order valence-corrected chi connectivity index (χ1v) is 7.76. The van der Waals surface area contributed by atoms with Gasteiger partial charge in [0.2, 0.25) is 0 Å². The second kappa shape index (κ2) is 5.01. The fraction of sp³-hybridized carbons (Fsp3) is 0.316. The summed E-state index contributed by atoms with van der Waals surface area (Å²) in [7, 11) is 3.36. The van der Waals surface area contributed by atoms with E-state index in [1.807, 2.05) is 18.2 Å². The molecule has 3 aliphatic carbocycles. The van der Waals surface area contributed by atoms with Crippen molar-refractivity contribution in [3.05, 3.63) is 64.5 Å². The lowest BCUT2D eigenvalue weighted by Gasteiger charge is -2.21. The first-order valence-electron chi connectivity index (χ1n) is 7.76. The zero-order chi connectivity index (χ0) is 16.0. The lowest BCUT2D eigenvalue weighted by Crippen LogP contribution is -2.24. The molecule has 4 heteroatoms. The summed E-state index contributed by atoms with van der Waals surface area (Å²) in [4.78, 5) is 0. The molecular weight excluding hydrogens is 290 g/mol. The van der Waals surface area contributed by atoms with Crippen LogP contribution in [0.1, 0.15) is 24.0 Å². The highest BCUT2D eigenvalue weighted by Gasteiger charge is 2.47. The summed E-state index contributed by atoms with van der Waals surface area (Å²) in [5.41, 5.74) is 5.30. The van der Waals surface area contributed by atoms with Crippen molar-refractivity contribution in [1.82, 2.24) is 0 Å². The Kier molecular flexibility index (Phi) is 3.08. The van der Waals surface area contributed by atoms with Gasteiger partial charge in [-0.1, -0.05) is 11.2 Å². The molecule has 1 aromatic rings. The molecule has 1 atom stereocenters. The van der Waals surface area contributed by atoms with Gasteiger partial charge in [-0.3, -0.25) is 0 Å². The van der Waals surface area contributed by atoms with E-state index in [1.165, 1.54) is 16.7 Å². The van der Waals surface area contributed by atoms with Crippen LogP contribution in [-0.2, 0) is 11.2 Å². The number of ether oxygens (including phenoxy) is 2. The number of allylic oxidation sites excluding steroid dienone is 5. The van der Waals surface area contributed by atoms with E-state index in [1.54, 1.807) is 14.2 Å². The van der Waals surface area contributed by atoms with Crippen LogP contribution in [0.4, 0.5) is 0 Å². The number of rotatable bonds is 2. The van der Waals surface area contributed by atoms with Gasteiger partial charge in [0, 0.05) is 11.0 Å². The fourth-order valence-corrected chi connectivity index (χ4v) is 4.03. The Balaban J connectivity index is 1.76. The predicted octanol–water partition coefficient (Wildman–Crippen LogP) is 3.61. The van der Waals surface area contributed by atoms with Gasteiger partial charge in [0.15, 0.2) is 0 Å². The molecule has 0 bridgehead atoms. The van der Waals surface area contributed by atoms with Crippen LogP contribution in [0, 0.1) is 5.41 Å². The third-order valence-corrected chi connectivity index (χ3v) is 5.09. The van der Waals surface area contributed by atoms with Gasteiger partial charge in [0.25, 0.3) is 0 Å². The van der Waals surface area contributed by atoms with Crippen molar-refractivity contribution < 1.29 is 14.7 Å². The number of hydrogen-bond donors (Lipinski definition) is 1. The molecule has 1 unspecified atom stereocenters. The summed E-state index contributed by atoms with van der Waals surface area (Å²) in [6.07, 6.45) is 9.03. The van der Waals surface area contributed by atoms with Crippen LogP contribution in [0.3, 0.4) is 0 Å². The van der Waals surface area contributed by atoms with Gasteiger partial charge in [0.05, 0.1) is 19.9 Å². The van der Waals surface area contributed by atoms with E-state index in [2.05, 4.69) is 23.4 Å². The monoisotopic (exact) mass is 309 g/mol. The first kappa shape index (κ1) is 14.1. The molecule has 23 heavy (non-hydrogen) atoms. The zero-order valence-electron chi connectivity index (χ0n) is 13.3. The number of hydrogen-bond acceptors (Lipinski definition) is 4. The van der Waals surface area contributed by atoms with Crippen molar-refractivity contribution >= 4 is 5.71 Å². The summed E-state index contributed by atoms with van der Waals surface area (Å²) >= 11 is 0. The van der Waals surface area contributed by atoms with E-state index < -0.39 is 0 Å². The molecule has 4 rings (SSSR count). The Morgan fingerprint density at radius 2 is 2.00 bits per heavy atom. The number of methoxy groups -OCH3 is 2. The highest BCUT2D eigenvalue weighted by atomic mass is 16.5. The lowest BCUT2D eigenvalue weighted by atomic mass is 9.82. The van der Waals surface area contributed by atoms with Crippen LogP contribution in [0.25, 0.3) is 0 Å². The van der Waals surface area contributed by atoms with Crippen LogP contribution >= 0.6 is 0 Å². The highest BCUT2D eigenvalue weighted by Crippen LogP contribution is 2.51. The molecule has 0 fully saturated rings. The second-order valence-electron chi connectivity index (χ2n) is 6.34. The minimum atomic E-state index is -0.248. The maximum Gasteiger partial charge on any atom is 0.119 e. The molecule has 0 radical (unpaired) electrons. The molecule has 0 amide bonds. The molecule has 1 N–H and O–H groups in total. The number of oxime groups is 1. The largest absolute Gasteiger partial charge is 0.497 e. The molecule has 4 nitrogen and oxygen atoms in total. The standard InChI is InChI=1S/C19H19NO3/c1-22-15-4-3-12-9-19(10-13(12)7-15)11-14-8-16(23-2)5-6-17(14)18(19)20-21/h4-9,21H,3,10-11H2,1-2H3. The quantitative estimate of drug-likeness (QED) is 0.671. The molecule has 1 aromatic carbocycles. The Hall–Kier alpha value is -2.49. The Labute approximate surface area is 135 Å². The van der Waals surface area contributed by atoms with E-state index >= 15 is 0 Å². The summed E-state index contributed by atoms with van der Waals surface area (Å²) in [5.74, 6) is 1.75.